The van der Waals surface area contributed by atoms with E-state index in [1.165, 1.54) is 12.0 Å². The topological polar surface area (TPSA) is 49.8 Å². The van der Waals surface area contributed by atoms with Crippen LogP contribution in [0, 0.1) is 11.6 Å². The normalized spacial score (nSPS) is 22.4. The number of hydrogen-bond donors (Lipinski definition) is 1. The number of likely N-dealkylation sites (tertiary alicyclic amines) is 1. The highest BCUT2D eigenvalue weighted by atomic mass is 35.5. The molecule has 2 atom stereocenters. The number of benzene rings is 1. The van der Waals surface area contributed by atoms with Gasteiger partial charge in [-0.1, -0.05) is 11.6 Å². The van der Waals surface area contributed by atoms with E-state index in [0.717, 1.165) is 12.1 Å². The van der Waals surface area contributed by atoms with Crippen LogP contribution >= 0.6 is 11.6 Å². The molecule has 1 aliphatic heterocycles. The van der Waals surface area contributed by atoms with Crippen molar-refractivity contribution in [3.63, 3.8) is 0 Å². The van der Waals surface area contributed by atoms with E-state index in [4.69, 9.17) is 16.3 Å². The van der Waals surface area contributed by atoms with E-state index in [0.29, 0.717) is 6.42 Å². The van der Waals surface area contributed by atoms with Crippen molar-refractivity contribution in [1.82, 2.24) is 4.90 Å². The monoisotopic (exact) mass is 305 g/mol. The minimum atomic E-state index is -0.890. The highest BCUT2D eigenvalue weighted by Crippen LogP contribution is 2.25. The van der Waals surface area contributed by atoms with Crippen LogP contribution in [0.2, 0.25) is 5.02 Å². The van der Waals surface area contributed by atoms with Gasteiger partial charge in [-0.2, -0.15) is 0 Å². The average Bonchev–Trinajstić information content (AvgIpc) is 2.85. The molecule has 0 aliphatic carbocycles. The average molecular weight is 306 g/mol. The third-order valence-corrected chi connectivity index (χ3v) is 3.71. The first kappa shape index (κ1) is 15.2. The lowest BCUT2D eigenvalue weighted by Gasteiger charge is -2.23. The van der Waals surface area contributed by atoms with Gasteiger partial charge < -0.3 is 14.7 Å². The van der Waals surface area contributed by atoms with Gasteiger partial charge >= 0.3 is 0 Å². The predicted octanol–water partition coefficient (Wildman–Crippen LogP) is 1.84. The molecular weight excluding hydrogens is 292 g/mol. The summed E-state index contributed by atoms with van der Waals surface area (Å²) >= 11 is 5.45. The summed E-state index contributed by atoms with van der Waals surface area (Å²) in [4.78, 5) is 13.6. The second kappa shape index (κ2) is 6.03. The number of rotatable bonds is 3. The quantitative estimate of drug-likeness (QED) is 0.867. The Morgan fingerprint density at radius 3 is 2.80 bits per heavy atom. The van der Waals surface area contributed by atoms with E-state index in [1.807, 2.05) is 0 Å². The Morgan fingerprint density at radius 1 is 1.50 bits per heavy atom. The second-order valence-corrected chi connectivity index (χ2v) is 5.04. The molecule has 0 spiro atoms. The number of carbonyl (C=O) groups is 1. The number of carbonyl (C=O) groups excluding carboxylic acids is 1. The van der Waals surface area contributed by atoms with Gasteiger partial charge in [0.15, 0.2) is 0 Å². The molecule has 7 heteroatoms. The second-order valence-electron chi connectivity index (χ2n) is 4.63. The molecule has 0 bridgehead atoms. The van der Waals surface area contributed by atoms with Crippen molar-refractivity contribution in [2.45, 2.75) is 18.6 Å². The Bertz CT molecular complexity index is 527. The van der Waals surface area contributed by atoms with Crippen LogP contribution in [0.3, 0.4) is 0 Å². The minimum Gasteiger partial charge on any atom is -0.394 e. The lowest BCUT2D eigenvalue weighted by atomic mass is 10.1. The van der Waals surface area contributed by atoms with Crippen LogP contribution < -0.4 is 0 Å². The van der Waals surface area contributed by atoms with Crippen molar-refractivity contribution in [2.24, 2.45) is 0 Å². The maximum absolute atomic E-state index is 13.8. The van der Waals surface area contributed by atoms with Crippen LogP contribution in [0.4, 0.5) is 8.78 Å². The number of aliphatic hydroxyl groups excluding tert-OH is 1. The SMILES string of the molecule is CO[C@H]1C[C@@H](CO)N(C(=O)c2cc(F)c(Cl)cc2F)C1. The van der Waals surface area contributed by atoms with Crippen molar-refractivity contribution < 1.29 is 23.4 Å². The number of methoxy groups -OCH3 is 1. The molecule has 0 unspecified atom stereocenters. The van der Waals surface area contributed by atoms with Crippen LogP contribution in [0.15, 0.2) is 12.1 Å². The predicted molar refractivity (Wildman–Crippen MR) is 68.7 cm³/mol. The van der Waals surface area contributed by atoms with Gasteiger partial charge in [0.25, 0.3) is 5.91 Å². The van der Waals surface area contributed by atoms with E-state index in [-0.39, 0.29) is 24.3 Å². The number of ether oxygens (including phenoxy) is 1. The first-order valence-electron chi connectivity index (χ1n) is 6.07. The molecule has 0 aromatic heterocycles. The molecule has 110 valence electrons. The lowest BCUT2D eigenvalue weighted by Crippen LogP contribution is -2.38. The molecule has 1 heterocycles. The molecule has 1 N–H and O–H groups in total. The Hall–Kier alpha value is -1.24. The van der Waals surface area contributed by atoms with Crippen LogP contribution in [0.25, 0.3) is 0 Å². The summed E-state index contributed by atoms with van der Waals surface area (Å²) in [6.45, 7) is -0.0342. The number of amides is 1. The van der Waals surface area contributed by atoms with Gasteiger partial charge in [0.2, 0.25) is 0 Å². The van der Waals surface area contributed by atoms with E-state index >= 15 is 0 Å². The van der Waals surface area contributed by atoms with E-state index in [2.05, 4.69) is 0 Å². The summed E-state index contributed by atoms with van der Waals surface area (Å²) in [5.74, 6) is -2.44. The summed E-state index contributed by atoms with van der Waals surface area (Å²) in [7, 11) is 1.50. The fraction of sp³-hybridized carbons (Fsp3) is 0.462. The van der Waals surface area contributed by atoms with Gasteiger partial charge in [0.05, 0.1) is 29.3 Å². The van der Waals surface area contributed by atoms with Crippen LogP contribution in [0.5, 0.6) is 0 Å². The molecule has 1 aliphatic rings. The molecule has 1 aromatic rings. The minimum absolute atomic E-state index is 0.226. The summed E-state index contributed by atoms with van der Waals surface area (Å²) in [5, 5.41) is 8.89. The molecule has 0 saturated carbocycles. The zero-order chi connectivity index (χ0) is 14.9. The van der Waals surface area contributed by atoms with Crippen LogP contribution in [-0.2, 0) is 4.74 Å². The molecule has 0 radical (unpaired) electrons. The Labute approximate surface area is 119 Å². The fourth-order valence-electron chi connectivity index (χ4n) is 2.31. The summed E-state index contributed by atoms with van der Waals surface area (Å²) < 4.78 is 32.3. The molecular formula is C13H14ClF2NO3. The van der Waals surface area contributed by atoms with Crippen molar-refractivity contribution in [3.05, 3.63) is 34.4 Å². The maximum Gasteiger partial charge on any atom is 0.257 e. The van der Waals surface area contributed by atoms with Gasteiger partial charge in [-0.25, -0.2) is 8.78 Å². The van der Waals surface area contributed by atoms with Crippen molar-refractivity contribution in [2.75, 3.05) is 20.3 Å². The first-order valence-corrected chi connectivity index (χ1v) is 6.44. The molecule has 1 amide bonds. The van der Waals surface area contributed by atoms with Crippen LogP contribution in [-0.4, -0.2) is 48.3 Å². The van der Waals surface area contributed by atoms with E-state index < -0.39 is 29.1 Å². The third-order valence-electron chi connectivity index (χ3n) is 3.42. The molecule has 1 saturated heterocycles. The maximum atomic E-state index is 13.8. The third kappa shape index (κ3) is 2.77. The van der Waals surface area contributed by atoms with Crippen molar-refractivity contribution in [3.8, 4) is 0 Å². The molecule has 1 aromatic carbocycles. The van der Waals surface area contributed by atoms with Crippen molar-refractivity contribution in [1.29, 1.82) is 0 Å². The lowest BCUT2D eigenvalue weighted by molar-refractivity contribution is 0.0643. The largest absolute Gasteiger partial charge is 0.394 e. The Kier molecular flexibility index (Phi) is 4.57. The van der Waals surface area contributed by atoms with Gasteiger partial charge in [0, 0.05) is 13.7 Å². The standard InChI is InChI=1S/C13H14ClF2NO3/c1-20-8-2-7(6-18)17(5-8)13(19)9-3-12(16)10(14)4-11(9)15/h3-4,7-8,18H,2,5-6H2,1H3/t7-,8-/m0/s1. The van der Waals surface area contributed by atoms with Gasteiger partial charge in [-0.05, 0) is 18.6 Å². The van der Waals surface area contributed by atoms with E-state index in [9.17, 15) is 18.7 Å². The molecule has 1 fully saturated rings. The van der Waals surface area contributed by atoms with Crippen molar-refractivity contribution >= 4 is 17.5 Å². The Balaban J connectivity index is 2.29. The highest BCUT2D eigenvalue weighted by Gasteiger charge is 2.36. The summed E-state index contributed by atoms with van der Waals surface area (Å²) in [6, 6.07) is 1.07. The van der Waals surface area contributed by atoms with Crippen LogP contribution in [0.1, 0.15) is 16.8 Å². The fourth-order valence-corrected chi connectivity index (χ4v) is 2.46. The summed E-state index contributed by atoms with van der Waals surface area (Å²) in [5.41, 5.74) is -0.401. The first-order chi connectivity index (χ1) is 9.47. The Morgan fingerprint density at radius 2 is 2.20 bits per heavy atom. The summed E-state index contributed by atoms with van der Waals surface area (Å²) in [6.07, 6.45) is 0.229. The zero-order valence-electron chi connectivity index (χ0n) is 10.8. The number of halogens is 3. The number of hydrogen-bond acceptors (Lipinski definition) is 3. The smallest absolute Gasteiger partial charge is 0.257 e. The van der Waals surface area contributed by atoms with E-state index in [1.54, 1.807) is 0 Å². The number of aliphatic hydroxyl groups is 1. The van der Waals surface area contributed by atoms with Gasteiger partial charge in [-0.3, -0.25) is 4.79 Å². The zero-order valence-corrected chi connectivity index (χ0v) is 11.5. The van der Waals surface area contributed by atoms with Gasteiger partial charge in [0.1, 0.15) is 11.6 Å². The molecule has 4 nitrogen and oxygen atoms in total. The molecule has 20 heavy (non-hydrogen) atoms. The number of nitrogens with zero attached hydrogens (tertiary/aromatic N) is 1. The molecule has 2 rings (SSSR count). The highest BCUT2D eigenvalue weighted by molar-refractivity contribution is 6.30. The van der Waals surface area contributed by atoms with Gasteiger partial charge in [-0.15, -0.1) is 0 Å².